The van der Waals surface area contributed by atoms with E-state index >= 15 is 4.39 Å². The molecular formula is C30H41FN16O12. The third-order valence-corrected chi connectivity index (χ3v) is 10.1. The Morgan fingerprint density at radius 2 is 1.25 bits per heavy atom. The first-order valence-corrected chi connectivity index (χ1v) is 18.0. The lowest BCUT2D eigenvalue weighted by atomic mass is 9.84. The zero-order valence-electron chi connectivity index (χ0n) is 30.6. The van der Waals surface area contributed by atoms with Crippen molar-refractivity contribution in [2.75, 3.05) is 19.7 Å². The molecule has 1 aromatic rings. The number of ether oxygens (including phenoxy) is 7. The summed E-state index contributed by atoms with van der Waals surface area (Å²) >= 11 is 0. The Balaban J connectivity index is 1.44. The lowest BCUT2D eigenvalue weighted by Crippen LogP contribution is -2.63. The van der Waals surface area contributed by atoms with Crippen molar-refractivity contribution in [1.29, 1.82) is 0 Å². The standard InChI is InChI=1S/C30H41FN16O12/c31-17-18(41-46-36)28(55-15(8-38-43-33)25(17)53-10-11-4-2-1-3-5-11)57-24-13(40-45-35)6-12(39-44-34)20(49)27(24)59-30-23(52)26(16(9-48)56-30)58-29-19(42-47-37)22(51)21(50)14(7-32)54-29/h1-5,12-30,48-52H,6-10,32H2. The number of nitrogens with zero attached hydrogens (tertiary/aromatic N) is 15. The van der Waals surface area contributed by atoms with Gasteiger partial charge in [-0.05, 0) is 39.6 Å². The third kappa shape index (κ3) is 10.3. The molecule has 5 rings (SSSR count). The van der Waals surface area contributed by atoms with Gasteiger partial charge < -0.3 is 64.4 Å². The number of azide groups is 5. The topological polar surface area (TPSA) is 436 Å². The van der Waals surface area contributed by atoms with E-state index in [-0.39, 0.29) is 19.6 Å². The molecule has 7 N–H and O–H groups in total. The summed E-state index contributed by atoms with van der Waals surface area (Å²) in [6.45, 7) is -1.78. The van der Waals surface area contributed by atoms with Crippen LogP contribution in [0.15, 0.2) is 55.9 Å². The number of rotatable bonds is 17. The Bertz CT molecular complexity index is 1800. The first-order chi connectivity index (χ1) is 28.5. The van der Waals surface area contributed by atoms with Crippen LogP contribution in [0.3, 0.4) is 0 Å². The minimum Gasteiger partial charge on any atom is -0.394 e. The van der Waals surface area contributed by atoms with E-state index in [0.29, 0.717) is 5.56 Å². The van der Waals surface area contributed by atoms with Crippen molar-refractivity contribution >= 4 is 0 Å². The van der Waals surface area contributed by atoms with E-state index in [2.05, 4.69) is 50.1 Å². The average molecular weight is 837 g/mol. The van der Waals surface area contributed by atoms with Gasteiger partial charge in [-0.3, -0.25) is 0 Å². The van der Waals surface area contributed by atoms with Gasteiger partial charge in [-0.25, -0.2) is 4.39 Å². The van der Waals surface area contributed by atoms with Crippen LogP contribution in [0, 0.1) is 0 Å². The first-order valence-electron chi connectivity index (χ1n) is 18.0. The second-order valence-corrected chi connectivity index (χ2v) is 13.6. The molecule has 4 fully saturated rings. The van der Waals surface area contributed by atoms with E-state index in [1.807, 2.05) is 0 Å². The number of aliphatic hydroxyl groups is 5. The van der Waals surface area contributed by atoms with Gasteiger partial charge in [-0.1, -0.05) is 55.9 Å². The lowest BCUT2D eigenvalue weighted by Gasteiger charge is -2.47. The molecule has 0 radical (unpaired) electrons. The summed E-state index contributed by atoms with van der Waals surface area (Å²) in [5, 5.41) is 72.0. The van der Waals surface area contributed by atoms with Gasteiger partial charge in [0.1, 0.15) is 61.0 Å². The molecule has 28 nitrogen and oxygen atoms in total. The molecule has 19 unspecified atom stereocenters. The maximum absolute atomic E-state index is 16.5. The molecule has 1 aliphatic carbocycles. The molecule has 19 atom stereocenters. The SMILES string of the molecule is [N-]=[N+]=NCC1OC(OC2C(N=[N+]=[N-])CC(N=[N+]=[N-])C(O)C2OC2OC(CO)C(OC3OC(CN)C(O)C(O)C3N=[N+]=[N-])C2O)C(N=[N+]=[N-])C(F)C1OCc1ccccc1. The Morgan fingerprint density at radius 1 is 0.661 bits per heavy atom. The van der Waals surface area contributed by atoms with Crippen molar-refractivity contribution in [2.24, 2.45) is 31.3 Å². The van der Waals surface area contributed by atoms with Gasteiger partial charge in [-0.15, -0.1) is 0 Å². The molecule has 0 aromatic heterocycles. The van der Waals surface area contributed by atoms with Crippen molar-refractivity contribution in [3.63, 3.8) is 0 Å². The number of nitrogens with two attached hydrogens (primary N) is 1. The van der Waals surface area contributed by atoms with Crippen molar-refractivity contribution in [3.05, 3.63) is 88.1 Å². The Labute approximate surface area is 331 Å². The van der Waals surface area contributed by atoms with Crippen LogP contribution in [-0.4, -0.2) is 162 Å². The summed E-state index contributed by atoms with van der Waals surface area (Å²) < 4.78 is 57.7. The molecule has 0 spiro atoms. The van der Waals surface area contributed by atoms with Gasteiger partial charge in [0, 0.05) is 31.1 Å². The van der Waals surface area contributed by atoms with Crippen LogP contribution in [0.5, 0.6) is 0 Å². The quantitative estimate of drug-likeness (QED) is 0.0727. The molecule has 3 saturated heterocycles. The second kappa shape index (κ2) is 21.4. The Morgan fingerprint density at radius 3 is 1.90 bits per heavy atom. The summed E-state index contributed by atoms with van der Waals surface area (Å²) in [5.74, 6) is 0. The van der Waals surface area contributed by atoms with Crippen LogP contribution in [0.4, 0.5) is 4.39 Å². The highest BCUT2D eigenvalue weighted by molar-refractivity contribution is 5.14. The monoisotopic (exact) mass is 836 g/mol. The normalized spacial score (nSPS) is 40.6. The van der Waals surface area contributed by atoms with Gasteiger partial charge in [-0.2, -0.15) is 0 Å². The molecule has 0 amide bonds. The van der Waals surface area contributed by atoms with Crippen LogP contribution in [-0.2, 0) is 39.8 Å². The molecule has 3 heterocycles. The minimum absolute atomic E-state index is 0.125. The zero-order chi connectivity index (χ0) is 42.6. The number of halogens is 1. The predicted octanol–water partition coefficient (Wildman–Crippen LogP) is 1.06. The number of hydrogen-bond donors (Lipinski definition) is 6. The number of hydrogen-bond acceptors (Lipinski definition) is 18. The van der Waals surface area contributed by atoms with E-state index < -0.39 is 130 Å². The van der Waals surface area contributed by atoms with Crippen molar-refractivity contribution in [3.8, 4) is 0 Å². The maximum Gasteiger partial charge on any atom is 0.187 e. The summed E-state index contributed by atoms with van der Waals surface area (Å²) in [7, 11) is 0. The summed E-state index contributed by atoms with van der Waals surface area (Å²) in [5.41, 5.74) is 52.7. The molecular weight excluding hydrogens is 795 g/mol. The zero-order valence-corrected chi connectivity index (χ0v) is 30.6. The minimum atomic E-state index is -2.17. The van der Waals surface area contributed by atoms with E-state index in [1.54, 1.807) is 30.3 Å². The number of benzene rings is 1. The van der Waals surface area contributed by atoms with Crippen molar-refractivity contribution < 1.29 is 63.1 Å². The molecule has 1 saturated carbocycles. The summed E-state index contributed by atoms with van der Waals surface area (Å²) in [4.78, 5) is 13.6. The van der Waals surface area contributed by atoms with E-state index in [0.717, 1.165) is 0 Å². The lowest BCUT2D eigenvalue weighted by molar-refractivity contribution is -0.306. The van der Waals surface area contributed by atoms with Gasteiger partial charge in [0.25, 0.3) is 0 Å². The fourth-order valence-corrected chi connectivity index (χ4v) is 7.24. The van der Waals surface area contributed by atoms with Gasteiger partial charge in [0.2, 0.25) is 0 Å². The van der Waals surface area contributed by atoms with Crippen molar-refractivity contribution in [2.45, 2.75) is 129 Å². The number of aliphatic hydroxyl groups excluding tert-OH is 5. The summed E-state index contributed by atoms with van der Waals surface area (Å²) in [6.07, 6.45) is -25.6. The van der Waals surface area contributed by atoms with Crippen LogP contribution in [0.1, 0.15) is 12.0 Å². The predicted molar refractivity (Wildman–Crippen MR) is 191 cm³/mol. The first kappa shape index (κ1) is 45.3. The average Bonchev–Trinajstić information content (AvgIpc) is 3.53. The summed E-state index contributed by atoms with van der Waals surface area (Å²) in [6, 6.07) is 2.46. The molecule has 320 valence electrons. The Hall–Kier alpha value is -4.82. The van der Waals surface area contributed by atoms with Gasteiger partial charge in [0.05, 0.1) is 56.3 Å². The number of alkyl halides is 1. The molecule has 29 heteroatoms. The highest BCUT2D eigenvalue weighted by Crippen LogP contribution is 2.38. The molecule has 3 aliphatic heterocycles. The maximum atomic E-state index is 16.5. The Kier molecular flexibility index (Phi) is 16.4. The van der Waals surface area contributed by atoms with Crippen LogP contribution >= 0.6 is 0 Å². The molecule has 4 aliphatic rings. The van der Waals surface area contributed by atoms with Crippen molar-refractivity contribution in [1.82, 2.24) is 0 Å². The van der Waals surface area contributed by atoms with E-state index in [1.165, 1.54) is 0 Å². The smallest absolute Gasteiger partial charge is 0.187 e. The van der Waals surface area contributed by atoms with E-state index in [4.69, 9.17) is 50.0 Å². The van der Waals surface area contributed by atoms with Crippen LogP contribution in [0.25, 0.3) is 52.2 Å². The van der Waals surface area contributed by atoms with Gasteiger partial charge >= 0.3 is 0 Å². The second-order valence-electron chi connectivity index (χ2n) is 13.6. The van der Waals surface area contributed by atoms with E-state index in [9.17, 15) is 42.1 Å². The third-order valence-electron chi connectivity index (χ3n) is 10.1. The highest BCUT2D eigenvalue weighted by atomic mass is 19.1. The largest absolute Gasteiger partial charge is 0.394 e. The molecule has 59 heavy (non-hydrogen) atoms. The molecule has 1 aromatic carbocycles. The fraction of sp³-hybridized carbons (Fsp3) is 0.800. The van der Waals surface area contributed by atoms with Crippen LogP contribution in [0.2, 0.25) is 0 Å². The highest BCUT2D eigenvalue weighted by Gasteiger charge is 2.56. The van der Waals surface area contributed by atoms with Crippen LogP contribution < -0.4 is 5.73 Å². The van der Waals surface area contributed by atoms with Gasteiger partial charge in [0.15, 0.2) is 18.9 Å². The molecule has 0 bridgehead atoms. The fourth-order valence-electron chi connectivity index (χ4n) is 7.24.